The van der Waals surface area contributed by atoms with Gasteiger partial charge in [0.05, 0.1) is 19.1 Å². The first-order valence-corrected chi connectivity index (χ1v) is 8.71. The molecule has 2 aliphatic rings. The fourth-order valence-electron chi connectivity index (χ4n) is 3.91. The van der Waals surface area contributed by atoms with Gasteiger partial charge >= 0.3 is 5.97 Å². The molecule has 0 aliphatic carbocycles. The maximum Gasteiger partial charge on any atom is 0.311 e. The molecule has 2 saturated heterocycles. The van der Waals surface area contributed by atoms with Crippen molar-refractivity contribution in [2.45, 2.75) is 13.0 Å². The number of carbonyl (C=O) groups excluding carboxylic acids is 2. The lowest BCUT2D eigenvalue weighted by atomic mass is 9.91. The van der Waals surface area contributed by atoms with Crippen LogP contribution in [0.3, 0.4) is 0 Å². The van der Waals surface area contributed by atoms with E-state index < -0.39 is 0 Å². The number of rotatable bonds is 4. The molecule has 6 nitrogen and oxygen atoms in total. The Balaban J connectivity index is 1.53. The summed E-state index contributed by atoms with van der Waals surface area (Å²) in [5.41, 5.74) is 1.76. The van der Waals surface area contributed by atoms with Crippen molar-refractivity contribution >= 4 is 22.8 Å². The van der Waals surface area contributed by atoms with E-state index >= 15 is 0 Å². The zero-order chi connectivity index (χ0) is 17.4. The number of methoxy groups -OCH3 is 1. The number of hydrogen-bond acceptors (Lipinski definition) is 4. The highest BCUT2D eigenvalue weighted by Gasteiger charge is 2.42. The molecule has 132 valence electrons. The third-order valence-electron chi connectivity index (χ3n) is 5.32. The van der Waals surface area contributed by atoms with E-state index in [0.717, 1.165) is 23.9 Å². The molecule has 0 spiro atoms. The minimum atomic E-state index is -0.156. The van der Waals surface area contributed by atoms with E-state index in [4.69, 9.17) is 9.47 Å². The molecular formula is C19H22N2O4. The highest BCUT2D eigenvalue weighted by Crippen LogP contribution is 2.32. The molecule has 0 saturated carbocycles. The predicted molar refractivity (Wildman–Crippen MR) is 92.3 cm³/mol. The van der Waals surface area contributed by atoms with Crippen LogP contribution in [0.5, 0.6) is 0 Å². The van der Waals surface area contributed by atoms with Crippen LogP contribution in [0.1, 0.15) is 16.8 Å². The van der Waals surface area contributed by atoms with Gasteiger partial charge in [-0.2, -0.15) is 0 Å². The van der Waals surface area contributed by atoms with E-state index in [2.05, 4.69) is 4.57 Å². The second-order valence-electron chi connectivity index (χ2n) is 6.81. The van der Waals surface area contributed by atoms with Crippen molar-refractivity contribution in [3.63, 3.8) is 0 Å². The average molecular weight is 342 g/mol. The number of cyclic esters (lactones) is 1. The van der Waals surface area contributed by atoms with Gasteiger partial charge in [-0.3, -0.25) is 9.59 Å². The molecule has 0 unspecified atom stereocenters. The van der Waals surface area contributed by atoms with E-state index in [9.17, 15) is 9.59 Å². The fourth-order valence-corrected chi connectivity index (χ4v) is 3.91. The summed E-state index contributed by atoms with van der Waals surface area (Å²) >= 11 is 0. The molecule has 25 heavy (non-hydrogen) atoms. The van der Waals surface area contributed by atoms with Crippen LogP contribution >= 0.6 is 0 Å². The summed E-state index contributed by atoms with van der Waals surface area (Å²) in [5.74, 6) is -0.0772. The number of benzene rings is 1. The summed E-state index contributed by atoms with van der Waals surface area (Å²) in [6.45, 7) is 3.02. The molecule has 4 rings (SSSR count). The first-order valence-electron chi connectivity index (χ1n) is 8.71. The van der Waals surface area contributed by atoms with Crippen molar-refractivity contribution < 1.29 is 19.1 Å². The predicted octanol–water partition coefficient (Wildman–Crippen LogP) is 1.92. The van der Waals surface area contributed by atoms with E-state index in [0.29, 0.717) is 31.9 Å². The van der Waals surface area contributed by atoms with Crippen LogP contribution in [0.15, 0.2) is 30.5 Å². The van der Waals surface area contributed by atoms with Crippen molar-refractivity contribution in [3.05, 3.63) is 36.0 Å². The molecule has 0 bridgehead atoms. The summed E-state index contributed by atoms with van der Waals surface area (Å²) < 4.78 is 12.4. The normalized spacial score (nSPS) is 22.9. The first-order chi connectivity index (χ1) is 12.2. The number of likely N-dealkylation sites (tertiary alicyclic amines) is 1. The second kappa shape index (κ2) is 6.52. The van der Waals surface area contributed by atoms with E-state index in [1.807, 2.05) is 30.5 Å². The summed E-state index contributed by atoms with van der Waals surface area (Å²) in [5, 5.41) is 1.04. The number of nitrogens with zero attached hydrogens (tertiary/aromatic N) is 2. The van der Waals surface area contributed by atoms with Crippen molar-refractivity contribution in [1.29, 1.82) is 0 Å². The smallest absolute Gasteiger partial charge is 0.311 e. The molecule has 2 aliphatic heterocycles. The number of aromatic nitrogens is 1. The van der Waals surface area contributed by atoms with E-state index in [-0.39, 0.29) is 23.7 Å². The number of amides is 1. The third-order valence-corrected chi connectivity index (χ3v) is 5.32. The number of ether oxygens (including phenoxy) is 2. The van der Waals surface area contributed by atoms with Crippen molar-refractivity contribution in [2.75, 3.05) is 33.4 Å². The molecule has 1 amide bonds. The van der Waals surface area contributed by atoms with Crippen LogP contribution in [0.4, 0.5) is 0 Å². The molecule has 6 heteroatoms. The van der Waals surface area contributed by atoms with Crippen LogP contribution in [-0.2, 0) is 20.8 Å². The topological polar surface area (TPSA) is 60.8 Å². The lowest BCUT2D eigenvalue weighted by Crippen LogP contribution is -2.31. The molecule has 1 aromatic heterocycles. The summed E-state index contributed by atoms with van der Waals surface area (Å²) in [6, 6.07) is 7.80. The monoisotopic (exact) mass is 342 g/mol. The zero-order valence-corrected chi connectivity index (χ0v) is 14.3. The highest BCUT2D eigenvalue weighted by atomic mass is 16.5. The van der Waals surface area contributed by atoms with Crippen LogP contribution < -0.4 is 0 Å². The van der Waals surface area contributed by atoms with E-state index in [1.54, 1.807) is 12.0 Å². The summed E-state index contributed by atoms with van der Waals surface area (Å²) in [7, 11) is 1.69. The molecule has 0 radical (unpaired) electrons. The lowest BCUT2D eigenvalue weighted by Gasteiger charge is -2.21. The van der Waals surface area contributed by atoms with Gasteiger partial charge in [0.25, 0.3) is 5.91 Å². The Hall–Kier alpha value is -2.34. The molecule has 2 aromatic rings. The van der Waals surface area contributed by atoms with Crippen LogP contribution in [0.2, 0.25) is 0 Å². The quantitative estimate of drug-likeness (QED) is 0.797. The maximum absolute atomic E-state index is 12.9. The van der Waals surface area contributed by atoms with Crippen LogP contribution in [-0.4, -0.2) is 54.8 Å². The fraction of sp³-hybridized carbons (Fsp3) is 0.474. The molecule has 1 aromatic carbocycles. The van der Waals surface area contributed by atoms with Crippen molar-refractivity contribution in [1.82, 2.24) is 9.47 Å². The van der Waals surface area contributed by atoms with Gasteiger partial charge in [0.15, 0.2) is 0 Å². The minimum absolute atomic E-state index is 0.00579. The van der Waals surface area contributed by atoms with Gasteiger partial charge in [0, 0.05) is 49.4 Å². The number of hydrogen-bond donors (Lipinski definition) is 0. The van der Waals surface area contributed by atoms with Gasteiger partial charge in [-0.15, -0.1) is 0 Å². The average Bonchev–Trinajstić information content (AvgIpc) is 3.23. The van der Waals surface area contributed by atoms with Gasteiger partial charge < -0.3 is 18.9 Å². The first kappa shape index (κ1) is 16.1. The maximum atomic E-state index is 12.9. The molecule has 2 atom stereocenters. The number of esters is 1. The van der Waals surface area contributed by atoms with E-state index in [1.165, 1.54) is 0 Å². The zero-order valence-electron chi connectivity index (χ0n) is 14.3. The Morgan fingerprint density at radius 2 is 2.20 bits per heavy atom. The van der Waals surface area contributed by atoms with Crippen molar-refractivity contribution in [2.24, 2.45) is 11.8 Å². The van der Waals surface area contributed by atoms with Crippen molar-refractivity contribution in [3.8, 4) is 0 Å². The Labute approximate surface area is 146 Å². The van der Waals surface area contributed by atoms with Crippen LogP contribution in [0, 0.1) is 11.8 Å². The van der Waals surface area contributed by atoms with Gasteiger partial charge in [-0.05, 0) is 36.6 Å². The Kier molecular flexibility index (Phi) is 4.21. The largest absolute Gasteiger partial charge is 0.465 e. The van der Waals surface area contributed by atoms with Gasteiger partial charge in [-0.1, -0.05) is 0 Å². The number of fused-ring (bicyclic) bond motifs is 2. The van der Waals surface area contributed by atoms with Crippen LogP contribution in [0.25, 0.3) is 10.9 Å². The standard InChI is InChI=1S/C19H22N2O4/c1-24-9-7-20-6-4-13-10-14(2-3-17(13)20)18(22)21-11-15-5-8-25-19(23)16(15)12-21/h2-4,6,10,15-16H,5,7-9,11-12H2,1H3/t15-,16+/m0/s1. The second-order valence-corrected chi connectivity index (χ2v) is 6.81. The third kappa shape index (κ3) is 2.91. The van der Waals surface area contributed by atoms with Gasteiger partial charge in [0.2, 0.25) is 0 Å². The molecule has 2 fully saturated rings. The number of carbonyl (C=O) groups is 2. The molecule has 0 N–H and O–H groups in total. The Bertz CT molecular complexity index is 813. The van der Waals surface area contributed by atoms with Gasteiger partial charge in [0.1, 0.15) is 0 Å². The molecule has 3 heterocycles. The molecular weight excluding hydrogens is 320 g/mol. The Morgan fingerprint density at radius 3 is 3.00 bits per heavy atom. The summed E-state index contributed by atoms with van der Waals surface area (Å²) in [6.07, 6.45) is 2.86. The highest BCUT2D eigenvalue weighted by molar-refractivity contribution is 5.98. The van der Waals surface area contributed by atoms with Gasteiger partial charge in [-0.25, -0.2) is 0 Å². The Morgan fingerprint density at radius 1 is 1.32 bits per heavy atom. The lowest BCUT2D eigenvalue weighted by molar-refractivity contribution is -0.154. The SMILES string of the molecule is COCCn1ccc2cc(C(=O)N3C[C@@H]4CCOC(=O)[C@@H]4C3)ccc21. The summed E-state index contributed by atoms with van der Waals surface area (Å²) in [4.78, 5) is 26.5. The minimum Gasteiger partial charge on any atom is -0.465 e.